The highest BCUT2D eigenvalue weighted by Crippen LogP contribution is 2.55. The van der Waals surface area contributed by atoms with Gasteiger partial charge < -0.3 is 14.0 Å². The zero-order chi connectivity index (χ0) is 16.6. The summed E-state index contributed by atoms with van der Waals surface area (Å²) >= 11 is 0. The molecule has 2 heterocycles. The fraction of sp³-hybridized carbons (Fsp3) is 0.789. The van der Waals surface area contributed by atoms with Gasteiger partial charge in [0.05, 0.1) is 13.2 Å². The lowest BCUT2D eigenvalue weighted by molar-refractivity contribution is 0.0395. The van der Waals surface area contributed by atoms with Crippen molar-refractivity contribution in [3.8, 4) is 0 Å². The van der Waals surface area contributed by atoms with E-state index in [1.807, 2.05) is 6.92 Å². The van der Waals surface area contributed by atoms with Crippen molar-refractivity contribution in [1.29, 1.82) is 0 Å². The second kappa shape index (κ2) is 6.51. The molecule has 1 saturated heterocycles. The van der Waals surface area contributed by atoms with Gasteiger partial charge in [-0.15, -0.1) is 0 Å². The van der Waals surface area contributed by atoms with E-state index in [4.69, 9.17) is 14.0 Å². The van der Waals surface area contributed by atoms with Gasteiger partial charge in [0, 0.05) is 24.4 Å². The maximum Gasteiger partial charge on any atom is 0.343 e. The van der Waals surface area contributed by atoms with Crippen LogP contribution >= 0.6 is 0 Å². The number of hydrogen-bond acceptors (Lipinski definition) is 5. The Morgan fingerprint density at radius 1 is 1.33 bits per heavy atom. The zero-order valence-corrected chi connectivity index (χ0v) is 14.5. The van der Waals surface area contributed by atoms with Gasteiger partial charge in [-0.3, -0.25) is 0 Å². The Labute approximate surface area is 143 Å². The summed E-state index contributed by atoms with van der Waals surface area (Å²) in [4.78, 5) is 12.8. The van der Waals surface area contributed by atoms with Crippen LogP contribution in [0.2, 0.25) is 0 Å². The van der Waals surface area contributed by atoms with Gasteiger partial charge >= 0.3 is 5.97 Å². The van der Waals surface area contributed by atoms with Gasteiger partial charge in [0.1, 0.15) is 11.3 Å². The highest BCUT2D eigenvalue weighted by atomic mass is 16.5. The second-order valence-corrected chi connectivity index (χ2v) is 7.86. The van der Waals surface area contributed by atoms with E-state index in [0.29, 0.717) is 31.0 Å². The Morgan fingerprint density at radius 3 is 2.79 bits per heavy atom. The van der Waals surface area contributed by atoms with Crippen LogP contribution in [0, 0.1) is 11.3 Å². The molecular formula is C19H27NO4. The van der Waals surface area contributed by atoms with Crippen molar-refractivity contribution >= 4 is 5.97 Å². The summed E-state index contributed by atoms with van der Waals surface area (Å²) in [6.45, 7) is 3.94. The van der Waals surface area contributed by atoms with E-state index < -0.39 is 0 Å². The van der Waals surface area contributed by atoms with Crippen molar-refractivity contribution in [2.75, 3.05) is 19.8 Å². The number of ether oxygens (including phenoxy) is 2. The number of nitrogens with zero attached hydrogens (tertiary/aromatic N) is 1. The lowest BCUT2D eigenvalue weighted by atomic mass is 9.94. The maximum absolute atomic E-state index is 12.8. The Bertz CT molecular complexity index is 595. The molecule has 0 bridgehead atoms. The molecule has 5 nitrogen and oxygen atoms in total. The van der Waals surface area contributed by atoms with Crippen molar-refractivity contribution in [3.05, 3.63) is 17.0 Å². The topological polar surface area (TPSA) is 61.6 Å². The number of carbonyl (C=O) groups is 1. The molecule has 1 atom stereocenters. The minimum absolute atomic E-state index is 0.145. The molecule has 2 aliphatic carbocycles. The predicted octanol–water partition coefficient (Wildman–Crippen LogP) is 3.87. The van der Waals surface area contributed by atoms with Crippen LogP contribution in [-0.4, -0.2) is 30.9 Å². The Kier molecular flexibility index (Phi) is 4.37. The van der Waals surface area contributed by atoms with E-state index in [9.17, 15) is 4.79 Å². The van der Waals surface area contributed by atoms with E-state index in [-0.39, 0.29) is 17.3 Å². The first-order chi connectivity index (χ1) is 11.7. The summed E-state index contributed by atoms with van der Waals surface area (Å²) in [5.41, 5.74) is 1.58. The first kappa shape index (κ1) is 16.1. The van der Waals surface area contributed by atoms with Gasteiger partial charge in [-0.2, -0.15) is 0 Å². The normalized spacial score (nSPS) is 25.5. The van der Waals surface area contributed by atoms with Gasteiger partial charge in [-0.05, 0) is 38.0 Å². The number of hydrogen-bond donors (Lipinski definition) is 0. The fourth-order valence-electron chi connectivity index (χ4n) is 3.84. The van der Waals surface area contributed by atoms with Crippen LogP contribution in [-0.2, 0) is 15.9 Å². The third-order valence-electron chi connectivity index (χ3n) is 5.75. The van der Waals surface area contributed by atoms with Gasteiger partial charge in [-0.25, -0.2) is 4.79 Å². The Morgan fingerprint density at radius 2 is 2.17 bits per heavy atom. The van der Waals surface area contributed by atoms with E-state index >= 15 is 0 Å². The molecule has 0 aromatic carbocycles. The molecule has 0 radical (unpaired) electrons. The average molecular weight is 333 g/mol. The summed E-state index contributed by atoms with van der Waals surface area (Å²) < 4.78 is 16.7. The SMILES string of the molecule is CCc1onc(C2CCCOC2)c1C(=O)OCC1(CC2CC2)CC1. The molecule has 4 rings (SSSR count). The summed E-state index contributed by atoms with van der Waals surface area (Å²) in [5.74, 6) is 1.41. The maximum atomic E-state index is 12.8. The van der Waals surface area contributed by atoms with Gasteiger partial charge in [-0.1, -0.05) is 24.9 Å². The molecule has 0 spiro atoms. The lowest BCUT2D eigenvalue weighted by Gasteiger charge is -2.21. The minimum atomic E-state index is -0.254. The third-order valence-corrected chi connectivity index (χ3v) is 5.75. The number of carbonyl (C=O) groups excluding carboxylic acids is 1. The van der Waals surface area contributed by atoms with Crippen LogP contribution in [0.25, 0.3) is 0 Å². The quantitative estimate of drug-likeness (QED) is 0.709. The molecule has 0 N–H and O–H groups in total. The van der Waals surface area contributed by atoms with Crippen molar-refractivity contribution < 1.29 is 18.8 Å². The Balaban J connectivity index is 1.45. The summed E-state index contributed by atoms with van der Waals surface area (Å²) in [6.07, 6.45) is 8.97. The molecule has 1 aromatic rings. The zero-order valence-electron chi connectivity index (χ0n) is 14.5. The highest BCUT2D eigenvalue weighted by Gasteiger charge is 2.47. The van der Waals surface area contributed by atoms with Crippen LogP contribution in [0.3, 0.4) is 0 Å². The highest BCUT2D eigenvalue weighted by molar-refractivity contribution is 5.92. The average Bonchev–Trinajstić information content (AvgIpc) is 3.54. The first-order valence-electron chi connectivity index (χ1n) is 9.44. The number of esters is 1. The predicted molar refractivity (Wildman–Crippen MR) is 88.0 cm³/mol. The standard InChI is InChI=1S/C19H27NO4/c1-2-15-16(17(20-24-15)14-4-3-9-22-11-14)18(21)23-12-19(7-8-19)10-13-5-6-13/h13-14H,2-12H2,1H3. The minimum Gasteiger partial charge on any atom is -0.461 e. The molecule has 24 heavy (non-hydrogen) atoms. The van der Waals surface area contributed by atoms with Crippen LogP contribution in [0.1, 0.15) is 79.6 Å². The van der Waals surface area contributed by atoms with Gasteiger partial charge in [0.25, 0.3) is 0 Å². The molecule has 2 saturated carbocycles. The van der Waals surface area contributed by atoms with E-state index in [1.54, 1.807) is 0 Å². The molecule has 1 aromatic heterocycles. The van der Waals surface area contributed by atoms with E-state index in [1.165, 1.54) is 32.1 Å². The molecule has 0 amide bonds. The van der Waals surface area contributed by atoms with Gasteiger partial charge in [0.15, 0.2) is 5.76 Å². The van der Waals surface area contributed by atoms with Gasteiger partial charge in [0.2, 0.25) is 0 Å². The second-order valence-electron chi connectivity index (χ2n) is 7.86. The molecule has 3 fully saturated rings. The third kappa shape index (κ3) is 3.37. The summed E-state index contributed by atoms with van der Waals surface area (Å²) in [5, 5.41) is 4.19. The number of aryl methyl sites for hydroxylation is 1. The van der Waals surface area contributed by atoms with E-state index in [0.717, 1.165) is 31.1 Å². The molecule has 3 aliphatic rings. The number of rotatable bonds is 7. The molecule has 132 valence electrons. The van der Waals surface area contributed by atoms with Crippen LogP contribution in [0.5, 0.6) is 0 Å². The van der Waals surface area contributed by atoms with Crippen molar-refractivity contribution in [3.63, 3.8) is 0 Å². The molecule has 1 unspecified atom stereocenters. The van der Waals surface area contributed by atoms with E-state index in [2.05, 4.69) is 5.16 Å². The van der Waals surface area contributed by atoms with Crippen molar-refractivity contribution in [1.82, 2.24) is 5.16 Å². The van der Waals surface area contributed by atoms with Crippen LogP contribution in [0.15, 0.2) is 4.52 Å². The monoisotopic (exact) mass is 333 g/mol. The molecular weight excluding hydrogens is 306 g/mol. The molecule has 5 heteroatoms. The van der Waals surface area contributed by atoms with Crippen LogP contribution in [0.4, 0.5) is 0 Å². The molecule has 1 aliphatic heterocycles. The fourth-order valence-corrected chi connectivity index (χ4v) is 3.84. The Hall–Kier alpha value is -1.36. The largest absolute Gasteiger partial charge is 0.461 e. The smallest absolute Gasteiger partial charge is 0.343 e. The summed E-state index contributed by atoms with van der Waals surface area (Å²) in [7, 11) is 0. The lowest BCUT2D eigenvalue weighted by Crippen LogP contribution is -2.21. The summed E-state index contributed by atoms with van der Waals surface area (Å²) in [6, 6.07) is 0. The van der Waals surface area contributed by atoms with Crippen molar-refractivity contribution in [2.45, 2.75) is 64.2 Å². The first-order valence-corrected chi connectivity index (χ1v) is 9.44. The van der Waals surface area contributed by atoms with Crippen molar-refractivity contribution in [2.24, 2.45) is 11.3 Å². The van der Waals surface area contributed by atoms with Crippen LogP contribution < -0.4 is 0 Å². The number of aromatic nitrogens is 1.